The lowest BCUT2D eigenvalue weighted by molar-refractivity contribution is -0.130. The zero-order chi connectivity index (χ0) is 21.8. The van der Waals surface area contributed by atoms with Gasteiger partial charge in [0, 0.05) is 13.1 Å². The highest BCUT2D eigenvalue weighted by Crippen LogP contribution is 2.35. The molecule has 2 aromatic rings. The highest BCUT2D eigenvalue weighted by Gasteiger charge is 2.30. The number of hydroxylamine groups is 2. The second-order valence-corrected chi connectivity index (χ2v) is 7.29. The molecule has 0 spiro atoms. The molecule has 0 atom stereocenters. The van der Waals surface area contributed by atoms with Gasteiger partial charge in [0.2, 0.25) is 5.88 Å². The van der Waals surface area contributed by atoms with Crippen molar-refractivity contribution in [1.29, 1.82) is 0 Å². The monoisotopic (exact) mass is 417 g/mol. The van der Waals surface area contributed by atoms with Gasteiger partial charge in [-0.1, -0.05) is 31.5 Å². The molecule has 8 nitrogen and oxygen atoms in total. The van der Waals surface area contributed by atoms with Crippen LogP contribution in [0.5, 0.6) is 5.88 Å². The third-order valence-corrected chi connectivity index (χ3v) is 5.47. The summed E-state index contributed by atoms with van der Waals surface area (Å²) < 4.78 is 14.0. The number of rotatable bonds is 6. The second-order valence-electron chi connectivity index (χ2n) is 7.29. The van der Waals surface area contributed by atoms with Crippen LogP contribution in [-0.4, -0.2) is 47.4 Å². The second kappa shape index (κ2) is 9.49. The van der Waals surface area contributed by atoms with E-state index in [2.05, 4.69) is 32.9 Å². The molecule has 2 heterocycles. The third kappa shape index (κ3) is 4.15. The Morgan fingerprint density at radius 2 is 1.57 bits per heavy atom. The Balaban J connectivity index is 2.26. The van der Waals surface area contributed by atoms with Crippen molar-refractivity contribution < 1.29 is 19.1 Å². The van der Waals surface area contributed by atoms with E-state index in [0.717, 1.165) is 35.1 Å². The van der Waals surface area contributed by atoms with Gasteiger partial charge in [-0.2, -0.15) is 5.06 Å². The van der Waals surface area contributed by atoms with E-state index in [-0.39, 0.29) is 18.0 Å². The number of carbonyl (C=O) groups is 1. The molecule has 3 rings (SSSR count). The number of fused-ring (bicyclic) bond motifs is 1. The molecule has 0 unspecified atom stereocenters. The number of hydrogen-bond acceptors (Lipinski definition) is 6. The van der Waals surface area contributed by atoms with E-state index < -0.39 is 6.16 Å². The zero-order valence-electron chi connectivity index (χ0n) is 18.5. The van der Waals surface area contributed by atoms with Crippen LogP contribution in [0.3, 0.4) is 0 Å². The van der Waals surface area contributed by atoms with Crippen LogP contribution >= 0.6 is 0 Å². The molecule has 8 heteroatoms. The molecule has 0 N–H and O–H groups in total. The van der Waals surface area contributed by atoms with Crippen molar-refractivity contribution in [2.75, 3.05) is 26.8 Å². The maximum atomic E-state index is 13.6. The first-order valence-corrected chi connectivity index (χ1v) is 10.5. The molecule has 1 aliphatic heterocycles. The Labute approximate surface area is 176 Å². The minimum Gasteiger partial charge on any atom is -0.434 e. The summed E-state index contributed by atoms with van der Waals surface area (Å²) in [5.74, 6) is 0.240. The average Bonchev–Trinajstić information content (AvgIpc) is 2.87. The molecule has 1 aromatic carbocycles. The van der Waals surface area contributed by atoms with Gasteiger partial charge >= 0.3 is 6.16 Å². The first-order valence-electron chi connectivity index (χ1n) is 10.5. The summed E-state index contributed by atoms with van der Waals surface area (Å²) in [5, 5.41) is 1.79. The van der Waals surface area contributed by atoms with Crippen LogP contribution < -0.4 is 10.3 Å². The fraction of sp³-hybridized carbons (Fsp3) is 0.545. The molecule has 30 heavy (non-hydrogen) atoms. The summed E-state index contributed by atoms with van der Waals surface area (Å²) in [5.41, 5.74) is 4.42. The highest BCUT2D eigenvalue weighted by molar-refractivity contribution is 5.78. The van der Waals surface area contributed by atoms with Crippen LogP contribution in [0.25, 0.3) is 11.1 Å². The Morgan fingerprint density at radius 3 is 2.10 bits per heavy atom. The van der Waals surface area contributed by atoms with Crippen molar-refractivity contribution in [2.24, 2.45) is 0 Å². The Hall–Kier alpha value is -2.58. The van der Waals surface area contributed by atoms with Gasteiger partial charge in [0.05, 0.1) is 26.8 Å². The predicted octanol–water partition coefficient (Wildman–Crippen LogP) is 3.16. The molecular weight excluding hydrogens is 386 g/mol. The molecule has 0 aliphatic carbocycles. The molecule has 164 valence electrons. The number of aryl methyl sites for hydroxylation is 3. The Morgan fingerprint density at radius 1 is 0.967 bits per heavy atom. The highest BCUT2D eigenvalue weighted by atomic mass is 16.7. The number of aromatic nitrogens is 2. The molecular formula is C22H31N3O5. The van der Waals surface area contributed by atoms with Gasteiger partial charge in [0.25, 0.3) is 5.56 Å². The first-order chi connectivity index (χ1) is 14.4. The summed E-state index contributed by atoms with van der Waals surface area (Å²) in [6.45, 7) is 10.1. The largest absolute Gasteiger partial charge is 0.515 e. The van der Waals surface area contributed by atoms with Gasteiger partial charge in [-0.05, 0) is 43.4 Å². The summed E-state index contributed by atoms with van der Waals surface area (Å²) in [4.78, 5) is 31.2. The van der Waals surface area contributed by atoms with Crippen LogP contribution in [0.2, 0.25) is 0 Å². The van der Waals surface area contributed by atoms with E-state index in [0.29, 0.717) is 31.7 Å². The van der Waals surface area contributed by atoms with Gasteiger partial charge in [0.1, 0.15) is 5.56 Å². The normalized spacial score (nSPS) is 14.3. The van der Waals surface area contributed by atoms with Gasteiger partial charge in [-0.3, -0.25) is 4.79 Å². The predicted molar refractivity (Wildman–Crippen MR) is 114 cm³/mol. The summed E-state index contributed by atoms with van der Waals surface area (Å²) in [7, 11) is 1.61. The Bertz CT molecular complexity index is 951. The topological polar surface area (TPSA) is 74.9 Å². The van der Waals surface area contributed by atoms with Crippen LogP contribution in [0, 0.1) is 6.92 Å². The molecule has 0 saturated heterocycles. The molecule has 1 aromatic heterocycles. The van der Waals surface area contributed by atoms with Crippen LogP contribution in [0.4, 0.5) is 4.79 Å². The quantitative estimate of drug-likeness (QED) is 0.672. The summed E-state index contributed by atoms with van der Waals surface area (Å²) in [6, 6.07) is 4.20. The lowest BCUT2D eigenvalue weighted by atomic mass is 9.91. The van der Waals surface area contributed by atoms with E-state index in [4.69, 9.17) is 14.3 Å². The molecule has 0 fully saturated rings. The maximum absolute atomic E-state index is 13.6. The fourth-order valence-electron chi connectivity index (χ4n) is 4.08. The van der Waals surface area contributed by atoms with E-state index in [1.807, 2.05) is 0 Å². The van der Waals surface area contributed by atoms with Gasteiger partial charge in [-0.25, -0.2) is 14.2 Å². The van der Waals surface area contributed by atoms with Crippen molar-refractivity contribution >= 4 is 6.16 Å². The number of carbonyl (C=O) groups excluding carboxylic acids is 1. The third-order valence-electron chi connectivity index (χ3n) is 5.47. The lowest BCUT2D eigenvalue weighted by Crippen LogP contribution is -2.27. The molecule has 1 aliphatic rings. The minimum atomic E-state index is -0.810. The van der Waals surface area contributed by atoms with Gasteiger partial charge < -0.3 is 14.3 Å². The van der Waals surface area contributed by atoms with Crippen molar-refractivity contribution in [3.05, 3.63) is 39.2 Å². The van der Waals surface area contributed by atoms with E-state index in [9.17, 15) is 9.59 Å². The first kappa shape index (κ1) is 22.1. The molecule has 0 amide bonds. The SMILES string of the molecule is CCOC(=O)Oc1c(-c2c(CC)cc(C)cc2CC)c(=O)n2n1CCN(OC)CC2. The number of hydrogen-bond donors (Lipinski definition) is 0. The standard InChI is InChI=1S/C22H31N3O5/c1-6-16-13-15(4)14-17(7-2)18(16)19-20(26)24-11-9-23(28-5)10-12-25(24)21(19)30-22(27)29-8-3/h13-14H,6-12H2,1-5H3. The van der Waals surface area contributed by atoms with Crippen molar-refractivity contribution in [1.82, 2.24) is 14.4 Å². The molecule has 0 bridgehead atoms. The van der Waals surface area contributed by atoms with Gasteiger partial charge in [0.15, 0.2) is 0 Å². The van der Waals surface area contributed by atoms with E-state index in [1.54, 1.807) is 28.5 Å². The lowest BCUT2D eigenvalue weighted by Gasteiger charge is -2.17. The summed E-state index contributed by atoms with van der Waals surface area (Å²) >= 11 is 0. The minimum absolute atomic E-state index is 0.166. The number of nitrogens with zero attached hydrogens (tertiary/aromatic N) is 3. The van der Waals surface area contributed by atoms with Crippen molar-refractivity contribution in [3.8, 4) is 17.0 Å². The van der Waals surface area contributed by atoms with E-state index in [1.165, 1.54) is 0 Å². The van der Waals surface area contributed by atoms with E-state index >= 15 is 0 Å². The summed E-state index contributed by atoms with van der Waals surface area (Å²) in [6.07, 6.45) is 0.728. The van der Waals surface area contributed by atoms with Crippen LogP contribution in [0.1, 0.15) is 37.5 Å². The fourth-order valence-corrected chi connectivity index (χ4v) is 4.08. The average molecular weight is 418 g/mol. The smallest absolute Gasteiger partial charge is 0.434 e. The Kier molecular flexibility index (Phi) is 6.99. The molecule has 0 radical (unpaired) electrons. The number of benzene rings is 1. The van der Waals surface area contributed by atoms with Gasteiger partial charge in [-0.15, -0.1) is 0 Å². The van der Waals surface area contributed by atoms with Crippen molar-refractivity contribution in [2.45, 2.75) is 53.6 Å². The number of ether oxygens (including phenoxy) is 2. The zero-order valence-corrected chi connectivity index (χ0v) is 18.5. The maximum Gasteiger partial charge on any atom is 0.515 e. The van der Waals surface area contributed by atoms with Crippen LogP contribution in [-0.2, 0) is 35.5 Å². The van der Waals surface area contributed by atoms with Crippen LogP contribution in [0.15, 0.2) is 16.9 Å². The van der Waals surface area contributed by atoms with Crippen molar-refractivity contribution in [3.63, 3.8) is 0 Å². The molecule has 0 saturated carbocycles.